The number of anilines is 1. The number of rotatable bonds is 4. The van der Waals surface area contributed by atoms with Gasteiger partial charge in [0.2, 0.25) is 5.91 Å². The lowest BCUT2D eigenvalue weighted by molar-refractivity contribution is -0.119. The number of hydrogen-bond donors (Lipinski definition) is 2. The van der Waals surface area contributed by atoms with Crippen molar-refractivity contribution in [3.05, 3.63) is 48.3 Å². The maximum atomic E-state index is 13.9. The van der Waals surface area contributed by atoms with E-state index in [9.17, 15) is 9.18 Å². The standard InChI is InChI=1S/C15H15FN6O/c1-9-3-4-12(16)11(5-9)13-6-14(21-20-13)19-15(23)10(2)22-8-17-7-18-22/h3-8,10H,1-2H3,(H2,19,20,21,23)/t10-/m1/s1. The van der Waals surface area contributed by atoms with E-state index in [1.54, 1.807) is 25.1 Å². The SMILES string of the molecule is Cc1ccc(F)c(-c2cc(NC(=O)[C@@H](C)n3cncn3)n[nH]2)c1. The van der Waals surface area contributed by atoms with Crippen molar-refractivity contribution in [2.24, 2.45) is 0 Å². The Labute approximate surface area is 131 Å². The zero-order valence-electron chi connectivity index (χ0n) is 12.6. The lowest BCUT2D eigenvalue weighted by atomic mass is 10.1. The average Bonchev–Trinajstić information content (AvgIpc) is 3.20. The van der Waals surface area contributed by atoms with E-state index in [2.05, 4.69) is 25.6 Å². The molecule has 23 heavy (non-hydrogen) atoms. The van der Waals surface area contributed by atoms with Crippen molar-refractivity contribution in [2.45, 2.75) is 19.9 Å². The summed E-state index contributed by atoms with van der Waals surface area (Å²) >= 11 is 0. The molecule has 1 amide bonds. The minimum atomic E-state index is -0.534. The van der Waals surface area contributed by atoms with Crippen molar-refractivity contribution in [1.29, 1.82) is 0 Å². The molecule has 0 aliphatic carbocycles. The van der Waals surface area contributed by atoms with Crippen LogP contribution in [0, 0.1) is 12.7 Å². The first kappa shape index (κ1) is 14.9. The van der Waals surface area contributed by atoms with Crippen molar-refractivity contribution in [2.75, 3.05) is 5.32 Å². The van der Waals surface area contributed by atoms with Gasteiger partial charge in [-0.1, -0.05) is 11.6 Å². The molecule has 7 nitrogen and oxygen atoms in total. The van der Waals surface area contributed by atoms with Crippen LogP contribution < -0.4 is 5.32 Å². The first-order valence-corrected chi connectivity index (χ1v) is 7.01. The lowest BCUT2D eigenvalue weighted by Gasteiger charge is -2.09. The molecule has 1 aromatic carbocycles. The van der Waals surface area contributed by atoms with Crippen LogP contribution in [-0.4, -0.2) is 30.9 Å². The number of benzene rings is 1. The number of nitrogens with one attached hydrogen (secondary N) is 2. The molecule has 118 valence electrons. The Hall–Kier alpha value is -3.03. The van der Waals surface area contributed by atoms with Crippen molar-refractivity contribution in [3.63, 3.8) is 0 Å². The Morgan fingerprint density at radius 1 is 1.39 bits per heavy atom. The number of amides is 1. The number of H-pyrrole nitrogens is 1. The number of nitrogens with zero attached hydrogens (tertiary/aromatic N) is 4. The second kappa shape index (κ2) is 5.99. The first-order valence-electron chi connectivity index (χ1n) is 7.01. The van der Waals surface area contributed by atoms with E-state index in [4.69, 9.17) is 0 Å². The van der Waals surface area contributed by atoms with Crippen LogP contribution in [0.1, 0.15) is 18.5 Å². The number of aromatic nitrogens is 5. The number of halogens is 1. The highest BCUT2D eigenvalue weighted by atomic mass is 19.1. The Morgan fingerprint density at radius 2 is 2.22 bits per heavy atom. The van der Waals surface area contributed by atoms with Gasteiger partial charge in [0.25, 0.3) is 0 Å². The zero-order valence-corrected chi connectivity index (χ0v) is 12.6. The second-order valence-electron chi connectivity index (χ2n) is 5.19. The lowest BCUT2D eigenvalue weighted by Crippen LogP contribution is -2.24. The Bertz CT molecular complexity index is 826. The van der Waals surface area contributed by atoms with Gasteiger partial charge in [0.1, 0.15) is 24.5 Å². The summed E-state index contributed by atoms with van der Waals surface area (Å²) in [6, 6.07) is 5.86. The molecule has 0 aliphatic rings. The monoisotopic (exact) mass is 314 g/mol. The normalized spacial score (nSPS) is 12.1. The minimum absolute atomic E-state index is 0.293. The van der Waals surface area contributed by atoms with Gasteiger partial charge in [0.15, 0.2) is 5.82 Å². The number of hydrogen-bond acceptors (Lipinski definition) is 4. The van der Waals surface area contributed by atoms with Gasteiger partial charge < -0.3 is 5.32 Å². The molecule has 0 unspecified atom stereocenters. The smallest absolute Gasteiger partial charge is 0.250 e. The first-order chi connectivity index (χ1) is 11.0. The number of carbonyl (C=O) groups is 1. The van der Waals surface area contributed by atoms with Gasteiger partial charge in [-0.05, 0) is 26.0 Å². The van der Waals surface area contributed by atoms with Gasteiger partial charge in [-0.2, -0.15) is 10.2 Å². The summed E-state index contributed by atoms with van der Waals surface area (Å²) in [6.07, 6.45) is 2.82. The fourth-order valence-electron chi connectivity index (χ4n) is 2.14. The highest BCUT2D eigenvalue weighted by molar-refractivity contribution is 5.93. The third-order valence-corrected chi connectivity index (χ3v) is 3.45. The van der Waals surface area contributed by atoms with E-state index in [1.165, 1.54) is 23.4 Å². The van der Waals surface area contributed by atoms with E-state index >= 15 is 0 Å². The zero-order chi connectivity index (χ0) is 16.4. The van der Waals surface area contributed by atoms with Crippen molar-refractivity contribution in [1.82, 2.24) is 25.0 Å². The largest absolute Gasteiger partial charge is 0.307 e. The molecule has 2 heterocycles. The molecule has 3 aromatic rings. The molecule has 3 rings (SSSR count). The van der Waals surface area contributed by atoms with Gasteiger partial charge in [-0.3, -0.25) is 9.89 Å². The van der Waals surface area contributed by atoms with Crippen LogP contribution >= 0.6 is 0 Å². The molecular formula is C15H15FN6O. The van der Waals surface area contributed by atoms with Crippen molar-refractivity contribution < 1.29 is 9.18 Å². The quantitative estimate of drug-likeness (QED) is 0.773. The van der Waals surface area contributed by atoms with Crippen LogP contribution in [0.2, 0.25) is 0 Å². The van der Waals surface area contributed by atoms with E-state index in [-0.39, 0.29) is 11.7 Å². The van der Waals surface area contributed by atoms with Crippen LogP contribution in [0.4, 0.5) is 10.2 Å². The molecule has 0 radical (unpaired) electrons. The fraction of sp³-hybridized carbons (Fsp3) is 0.200. The number of aryl methyl sites for hydroxylation is 1. The van der Waals surface area contributed by atoms with E-state index in [1.807, 2.05) is 6.92 Å². The highest BCUT2D eigenvalue weighted by Gasteiger charge is 2.17. The van der Waals surface area contributed by atoms with Gasteiger partial charge in [-0.15, -0.1) is 0 Å². The van der Waals surface area contributed by atoms with Crippen LogP contribution in [-0.2, 0) is 4.79 Å². The molecule has 2 aromatic heterocycles. The van der Waals surface area contributed by atoms with E-state index in [0.717, 1.165) is 5.56 Å². The molecule has 0 aliphatic heterocycles. The fourth-order valence-corrected chi connectivity index (χ4v) is 2.14. The van der Waals surface area contributed by atoms with E-state index in [0.29, 0.717) is 17.1 Å². The minimum Gasteiger partial charge on any atom is -0.307 e. The van der Waals surface area contributed by atoms with E-state index < -0.39 is 6.04 Å². The topological polar surface area (TPSA) is 88.5 Å². The predicted molar refractivity (Wildman–Crippen MR) is 82.1 cm³/mol. The molecule has 0 saturated carbocycles. The highest BCUT2D eigenvalue weighted by Crippen LogP contribution is 2.24. The molecule has 0 saturated heterocycles. The molecule has 2 N–H and O–H groups in total. The van der Waals surface area contributed by atoms with Gasteiger partial charge >= 0.3 is 0 Å². The average molecular weight is 314 g/mol. The summed E-state index contributed by atoms with van der Waals surface area (Å²) in [7, 11) is 0. The molecular weight excluding hydrogens is 299 g/mol. The van der Waals surface area contributed by atoms with Gasteiger partial charge in [-0.25, -0.2) is 14.1 Å². The molecule has 0 fully saturated rings. The number of aromatic amines is 1. The van der Waals surface area contributed by atoms with Crippen molar-refractivity contribution in [3.8, 4) is 11.3 Å². The van der Waals surface area contributed by atoms with Crippen LogP contribution in [0.5, 0.6) is 0 Å². The summed E-state index contributed by atoms with van der Waals surface area (Å²) in [5.41, 5.74) is 1.83. The Kier molecular flexibility index (Phi) is 3.88. The summed E-state index contributed by atoms with van der Waals surface area (Å²) in [5, 5.41) is 13.3. The summed E-state index contributed by atoms with van der Waals surface area (Å²) in [4.78, 5) is 16.0. The van der Waals surface area contributed by atoms with Gasteiger partial charge in [0, 0.05) is 11.6 Å². The maximum absolute atomic E-state index is 13.9. The Morgan fingerprint density at radius 3 is 2.96 bits per heavy atom. The molecule has 0 bridgehead atoms. The summed E-state index contributed by atoms with van der Waals surface area (Å²) in [5.74, 6) is -0.329. The third kappa shape index (κ3) is 3.10. The van der Waals surface area contributed by atoms with Crippen LogP contribution in [0.3, 0.4) is 0 Å². The maximum Gasteiger partial charge on any atom is 0.250 e. The summed E-state index contributed by atoms with van der Waals surface area (Å²) in [6.45, 7) is 3.57. The number of carbonyl (C=O) groups excluding carboxylic acids is 1. The molecule has 8 heteroatoms. The summed E-state index contributed by atoms with van der Waals surface area (Å²) < 4.78 is 15.3. The predicted octanol–water partition coefficient (Wildman–Crippen LogP) is 2.32. The van der Waals surface area contributed by atoms with Gasteiger partial charge in [0.05, 0.1) is 5.69 Å². The molecule has 0 spiro atoms. The molecule has 1 atom stereocenters. The third-order valence-electron chi connectivity index (χ3n) is 3.45. The Balaban J connectivity index is 1.77. The van der Waals surface area contributed by atoms with Crippen LogP contribution in [0.25, 0.3) is 11.3 Å². The van der Waals surface area contributed by atoms with Crippen LogP contribution in [0.15, 0.2) is 36.9 Å². The second-order valence-corrected chi connectivity index (χ2v) is 5.19. The van der Waals surface area contributed by atoms with Crippen molar-refractivity contribution >= 4 is 11.7 Å².